The molecule has 0 spiro atoms. The number of piperazine rings is 1. The number of pyridine rings is 3. The Hall–Kier alpha value is -4.98. The smallest absolute Gasteiger partial charge is 0.282 e. The number of sulfone groups is 1. The number of carbonyl (C=O) groups is 1. The zero-order valence-electron chi connectivity index (χ0n) is 26.6. The third-order valence-electron chi connectivity index (χ3n) is 8.52. The van der Waals surface area contributed by atoms with Crippen LogP contribution in [0.5, 0.6) is 0 Å². The minimum Gasteiger partial charge on any atom is -0.366 e. The first kappa shape index (κ1) is 32.0. The molecule has 5 aromatic rings. The summed E-state index contributed by atoms with van der Waals surface area (Å²) in [5, 5.41) is 7.70. The first-order valence-corrected chi connectivity index (χ1v) is 16.9. The number of aryl methyl sites for hydroxylation is 2. The lowest BCUT2D eigenvalue weighted by atomic mass is 9.99. The Morgan fingerprint density at radius 3 is 2.38 bits per heavy atom. The van der Waals surface area contributed by atoms with Gasteiger partial charge in [0.05, 0.1) is 28.8 Å². The molecule has 47 heavy (non-hydrogen) atoms. The summed E-state index contributed by atoms with van der Waals surface area (Å²) in [4.78, 5) is 38.7. The van der Waals surface area contributed by atoms with Gasteiger partial charge in [-0.3, -0.25) is 24.2 Å². The average molecular weight is 662 g/mol. The number of nitrogens with zero attached hydrogens (tertiary/aromatic N) is 6. The van der Waals surface area contributed by atoms with Gasteiger partial charge < -0.3 is 9.80 Å². The maximum atomic E-state index is 16.5. The number of benzene rings is 1. The van der Waals surface area contributed by atoms with E-state index in [0.29, 0.717) is 39.0 Å². The number of H-pyrrole nitrogens is 1. The van der Waals surface area contributed by atoms with Gasteiger partial charge >= 0.3 is 0 Å². The lowest BCUT2D eigenvalue weighted by Crippen LogP contribution is -2.49. The van der Waals surface area contributed by atoms with Crippen LogP contribution in [0.25, 0.3) is 38.9 Å². The number of halogens is 2. The second kappa shape index (κ2) is 11.7. The predicted molar refractivity (Wildman–Crippen MR) is 176 cm³/mol. The molecule has 11 nitrogen and oxygen atoms in total. The summed E-state index contributed by atoms with van der Waals surface area (Å²) in [5.74, 6) is -2.90. The number of hydrogen-bond acceptors (Lipinski definition) is 8. The summed E-state index contributed by atoms with van der Waals surface area (Å²) in [6.45, 7) is 10.6. The van der Waals surface area contributed by atoms with Crippen LogP contribution in [0, 0.1) is 19.7 Å². The number of anilines is 1. The number of hydrogen-bond donors (Lipinski definition) is 1. The second-order valence-corrected chi connectivity index (χ2v) is 14.0. The lowest BCUT2D eigenvalue weighted by Gasteiger charge is -2.37. The molecule has 14 heteroatoms. The Kier molecular flexibility index (Phi) is 7.94. The molecule has 1 saturated heterocycles. The summed E-state index contributed by atoms with van der Waals surface area (Å²) < 4.78 is 58.5. The van der Waals surface area contributed by atoms with Crippen molar-refractivity contribution >= 4 is 43.4 Å². The van der Waals surface area contributed by atoms with E-state index in [1.54, 1.807) is 36.4 Å². The van der Waals surface area contributed by atoms with Crippen molar-refractivity contribution in [2.75, 3.05) is 37.3 Å². The van der Waals surface area contributed by atoms with Gasteiger partial charge in [-0.15, -0.1) is 0 Å². The number of amides is 1. The van der Waals surface area contributed by atoms with Gasteiger partial charge in [0.1, 0.15) is 11.5 Å². The minimum absolute atomic E-state index is 0.0183. The van der Waals surface area contributed by atoms with E-state index in [-0.39, 0.29) is 54.5 Å². The predicted octanol–water partition coefficient (Wildman–Crippen LogP) is 4.74. The van der Waals surface area contributed by atoms with E-state index in [4.69, 9.17) is 4.98 Å². The van der Waals surface area contributed by atoms with Crippen molar-refractivity contribution in [1.29, 1.82) is 0 Å². The molecule has 0 saturated carbocycles. The molecule has 0 radical (unpaired) electrons. The van der Waals surface area contributed by atoms with E-state index in [9.17, 15) is 22.4 Å². The number of nitrogens with one attached hydrogen (secondary N) is 1. The van der Waals surface area contributed by atoms with Gasteiger partial charge in [-0.2, -0.15) is 5.10 Å². The molecule has 0 bridgehead atoms. The van der Waals surface area contributed by atoms with Gasteiger partial charge in [-0.25, -0.2) is 22.2 Å². The van der Waals surface area contributed by atoms with Crippen LogP contribution in [-0.4, -0.2) is 76.4 Å². The highest BCUT2D eigenvalue weighted by Crippen LogP contribution is 2.39. The largest absolute Gasteiger partial charge is 0.366 e. The SMILES string of the molecule is C=C(F)C(=O)N1CCN(c2c(S(C)(=O)=O)c(=O)n(-c3c(C)ccnc3C(C)C)c3nc(-c4c(C)ccc5[nH]ncc45)c(F)cc23)CC1. The quantitative estimate of drug-likeness (QED) is 0.258. The molecule has 1 N–H and O–H groups in total. The highest BCUT2D eigenvalue weighted by atomic mass is 32.2. The fraction of sp³-hybridized carbons (Fsp3) is 0.303. The third kappa shape index (κ3) is 5.35. The number of carbonyl (C=O) groups excluding carboxylic acids is 1. The maximum absolute atomic E-state index is 16.5. The van der Waals surface area contributed by atoms with Crippen molar-refractivity contribution < 1.29 is 22.0 Å². The lowest BCUT2D eigenvalue weighted by molar-refractivity contribution is -0.128. The molecule has 244 valence electrons. The molecule has 5 heterocycles. The maximum Gasteiger partial charge on any atom is 0.282 e. The number of aromatic amines is 1. The number of rotatable bonds is 6. The van der Waals surface area contributed by atoms with E-state index >= 15 is 4.39 Å². The van der Waals surface area contributed by atoms with Crippen molar-refractivity contribution in [3.63, 3.8) is 0 Å². The van der Waals surface area contributed by atoms with Crippen LogP contribution < -0.4 is 10.5 Å². The summed E-state index contributed by atoms with van der Waals surface area (Å²) >= 11 is 0. The molecule has 1 aromatic carbocycles. The average Bonchev–Trinajstić information content (AvgIpc) is 3.49. The Morgan fingerprint density at radius 2 is 1.74 bits per heavy atom. The van der Waals surface area contributed by atoms with Crippen molar-refractivity contribution in [1.82, 2.24) is 29.6 Å². The van der Waals surface area contributed by atoms with Crippen LogP contribution in [0.4, 0.5) is 14.5 Å². The van der Waals surface area contributed by atoms with Crippen molar-refractivity contribution in [2.45, 2.75) is 38.5 Å². The monoisotopic (exact) mass is 661 g/mol. The Morgan fingerprint density at radius 1 is 1.04 bits per heavy atom. The molecule has 1 fully saturated rings. The molecular formula is C33H33F2N7O4S. The Balaban J connectivity index is 1.75. The van der Waals surface area contributed by atoms with Crippen LogP contribution in [0.2, 0.25) is 0 Å². The van der Waals surface area contributed by atoms with E-state index in [1.807, 2.05) is 26.8 Å². The normalized spacial score (nSPS) is 14.0. The highest BCUT2D eigenvalue weighted by Gasteiger charge is 2.34. The van der Waals surface area contributed by atoms with Gasteiger partial charge in [0.15, 0.2) is 26.2 Å². The fourth-order valence-electron chi connectivity index (χ4n) is 6.31. The van der Waals surface area contributed by atoms with E-state index in [0.717, 1.165) is 6.26 Å². The van der Waals surface area contributed by atoms with Crippen molar-refractivity contribution in [3.8, 4) is 16.9 Å². The number of aromatic nitrogens is 5. The standard InChI is InChI=1S/C33H33F2N7O4S/c1-17(2)26-28(19(4)9-10-36-26)42-31-21(15-23(35)27(38-31)25-18(3)7-8-24-22(25)16-37-39-24)29(30(33(42)44)47(6,45)46)40-11-13-41(14-12-40)32(43)20(5)34/h7-10,15-17H,5,11-14H2,1-4,6H3,(H,37,39). The van der Waals surface area contributed by atoms with Gasteiger partial charge in [0, 0.05) is 55.0 Å². The zero-order chi connectivity index (χ0) is 33.9. The molecule has 0 unspecified atom stereocenters. The van der Waals surface area contributed by atoms with Crippen LogP contribution in [0.3, 0.4) is 0 Å². The van der Waals surface area contributed by atoms with Crippen LogP contribution in [0.15, 0.2) is 58.8 Å². The summed E-state index contributed by atoms with van der Waals surface area (Å²) in [7, 11) is -4.24. The first-order valence-electron chi connectivity index (χ1n) is 15.0. The minimum atomic E-state index is -4.24. The van der Waals surface area contributed by atoms with Crippen LogP contribution in [-0.2, 0) is 14.6 Å². The molecule has 0 atom stereocenters. The first-order chi connectivity index (χ1) is 22.2. The topological polar surface area (TPSA) is 134 Å². The fourth-order valence-corrected chi connectivity index (χ4v) is 7.31. The second-order valence-electron chi connectivity index (χ2n) is 12.1. The van der Waals surface area contributed by atoms with Gasteiger partial charge in [-0.05, 0) is 49.1 Å². The summed E-state index contributed by atoms with van der Waals surface area (Å²) in [6.07, 6.45) is 4.11. The van der Waals surface area contributed by atoms with E-state index < -0.39 is 37.8 Å². The summed E-state index contributed by atoms with van der Waals surface area (Å²) in [6, 6.07) is 6.55. The number of fused-ring (bicyclic) bond motifs is 2. The molecule has 0 aliphatic carbocycles. The van der Waals surface area contributed by atoms with Crippen molar-refractivity contribution in [3.05, 3.63) is 82.1 Å². The Bertz CT molecular complexity index is 2290. The molecule has 6 rings (SSSR count). The molecule has 1 aliphatic rings. The van der Waals surface area contributed by atoms with Crippen LogP contribution in [0.1, 0.15) is 36.6 Å². The molecular weight excluding hydrogens is 628 g/mol. The van der Waals surface area contributed by atoms with Gasteiger partial charge in [0.2, 0.25) is 0 Å². The van der Waals surface area contributed by atoms with Gasteiger partial charge in [-0.1, -0.05) is 26.5 Å². The van der Waals surface area contributed by atoms with Gasteiger partial charge in [0.25, 0.3) is 11.5 Å². The highest BCUT2D eigenvalue weighted by molar-refractivity contribution is 7.90. The Labute approximate surface area is 269 Å². The van der Waals surface area contributed by atoms with Crippen molar-refractivity contribution in [2.24, 2.45) is 0 Å². The molecule has 1 amide bonds. The summed E-state index contributed by atoms with van der Waals surface area (Å²) in [5.41, 5.74) is 2.45. The van der Waals surface area contributed by atoms with E-state index in [2.05, 4.69) is 21.8 Å². The molecule has 1 aliphatic heterocycles. The van der Waals surface area contributed by atoms with E-state index in [1.165, 1.54) is 15.5 Å². The zero-order valence-corrected chi connectivity index (χ0v) is 27.4. The third-order valence-corrected chi connectivity index (χ3v) is 9.62. The molecule has 4 aromatic heterocycles. The van der Waals surface area contributed by atoms with Crippen LogP contribution >= 0.6 is 0 Å².